The number of piperidine rings is 1. The molecule has 0 radical (unpaired) electrons. The summed E-state index contributed by atoms with van der Waals surface area (Å²) < 4.78 is 1.66. The highest BCUT2D eigenvalue weighted by atomic mass is 32.2. The van der Waals surface area contributed by atoms with Crippen LogP contribution in [0, 0.1) is 11.5 Å². The van der Waals surface area contributed by atoms with Crippen LogP contribution in [0.15, 0.2) is 64.4 Å². The number of amides is 1. The van der Waals surface area contributed by atoms with E-state index >= 15 is 0 Å². The number of anilines is 1. The Bertz CT molecular complexity index is 1090. The molecule has 0 spiro atoms. The lowest BCUT2D eigenvalue weighted by molar-refractivity contribution is 0.100. The second-order valence-electron chi connectivity index (χ2n) is 7.20. The van der Waals surface area contributed by atoms with Crippen LogP contribution in [-0.2, 0) is 0 Å². The van der Waals surface area contributed by atoms with Gasteiger partial charge in [-0.3, -0.25) is 4.79 Å². The number of nitrogen functional groups attached to an aromatic ring is 1. The quantitative estimate of drug-likeness (QED) is 0.613. The Labute approximate surface area is 179 Å². The first-order valence-corrected chi connectivity index (χ1v) is 10.5. The van der Waals surface area contributed by atoms with Gasteiger partial charge >= 0.3 is 0 Å². The van der Waals surface area contributed by atoms with Gasteiger partial charge in [0.05, 0.1) is 12.6 Å². The Morgan fingerprint density at radius 1 is 1.13 bits per heavy atom. The van der Waals surface area contributed by atoms with E-state index in [-0.39, 0.29) is 17.4 Å². The zero-order valence-corrected chi connectivity index (χ0v) is 17.2. The van der Waals surface area contributed by atoms with Crippen LogP contribution in [0.25, 0.3) is 11.3 Å². The minimum absolute atomic E-state index is 0.0711. The summed E-state index contributed by atoms with van der Waals surface area (Å²) >= 11 is 1.66. The molecule has 1 amide bonds. The zero-order valence-electron chi connectivity index (χ0n) is 16.4. The molecule has 30 heavy (non-hydrogen) atoms. The molecule has 8 heteroatoms. The minimum Gasteiger partial charge on any atom is -0.383 e. The van der Waals surface area contributed by atoms with Crippen LogP contribution in [0.2, 0.25) is 0 Å². The van der Waals surface area contributed by atoms with Crippen LogP contribution in [0.3, 0.4) is 0 Å². The Kier molecular flexibility index (Phi) is 5.63. The number of benzene rings is 2. The van der Waals surface area contributed by atoms with E-state index in [9.17, 15) is 10.1 Å². The van der Waals surface area contributed by atoms with Gasteiger partial charge in [-0.05, 0) is 37.1 Å². The van der Waals surface area contributed by atoms with Gasteiger partial charge in [0.1, 0.15) is 17.1 Å². The maximum Gasteiger partial charge on any atom is 0.254 e. The van der Waals surface area contributed by atoms with Crippen molar-refractivity contribution in [2.75, 3.05) is 18.8 Å². The molecule has 3 aromatic rings. The second-order valence-corrected chi connectivity index (χ2v) is 8.35. The summed E-state index contributed by atoms with van der Waals surface area (Å²) in [5.74, 6) is -0.352. The Morgan fingerprint density at radius 3 is 2.50 bits per heavy atom. The number of hydrogen-bond acceptors (Lipinski definition) is 6. The van der Waals surface area contributed by atoms with E-state index in [0.29, 0.717) is 12.2 Å². The first-order valence-electron chi connectivity index (χ1n) is 9.72. The summed E-state index contributed by atoms with van der Waals surface area (Å²) in [6, 6.07) is 17.9. The van der Waals surface area contributed by atoms with Gasteiger partial charge in [-0.1, -0.05) is 42.1 Å². The molecule has 4 N–H and O–H groups in total. The number of aromatic nitrogens is 2. The summed E-state index contributed by atoms with van der Waals surface area (Å²) in [5.41, 5.74) is 13.4. The predicted molar refractivity (Wildman–Crippen MR) is 117 cm³/mol. The smallest absolute Gasteiger partial charge is 0.254 e. The molecule has 4 rings (SSSR count). The van der Waals surface area contributed by atoms with Gasteiger partial charge in [0.25, 0.3) is 5.91 Å². The van der Waals surface area contributed by atoms with Gasteiger partial charge in [-0.2, -0.15) is 10.4 Å². The van der Waals surface area contributed by atoms with Gasteiger partial charge in [0.15, 0.2) is 6.19 Å². The van der Waals surface area contributed by atoms with Gasteiger partial charge in [-0.15, -0.1) is 0 Å². The number of likely N-dealkylation sites (tertiary alicyclic amines) is 1. The molecular formula is C22H22N6OS. The summed E-state index contributed by atoms with van der Waals surface area (Å²) in [6.07, 6.45) is 3.89. The number of primary amides is 1. The van der Waals surface area contributed by atoms with E-state index in [1.807, 2.05) is 42.5 Å². The standard InChI is InChI=1S/C22H22N6OS/c23-14-27-12-4-5-16(13-27)28-21(24)19(22(25)29)20(26-28)15-8-10-18(11-9-15)30-17-6-2-1-3-7-17/h1-3,6-11,16H,4-5,12-13,24H2,(H2,25,29). The average Bonchev–Trinajstić information content (AvgIpc) is 3.12. The molecule has 0 saturated carbocycles. The van der Waals surface area contributed by atoms with Gasteiger partial charge < -0.3 is 16.4 Å². The van der Waals surface area contributed by atoms with Gasteiger partial charge in [0, 0.05) is 21.9 Å². The number of carbonyl (C=O) groups is 1. The fourth-order valence-corrected chi connectivity index (χ4v) is 4.56. The molecule has 1 aliphatic rings. The molecule has 1 aliphatic heterocycles. The summed E-state index contributed by atoms with van der Waals surface area (Å²) in [4.78, 5) is 16.1. The molecule has 0 aliphatic carbocycles. The molecule has 7 nitrogen and oxygen atoms in total. The molecule has 1 unspecified atom stereocenters. The van der Waals surface area contributed by atoms with Crippen molar-refractivity contribution in [2.45, 2.75) is 28.7 Å². The molecule has 1 atom stereocenters. The van der Waals surface area contributed by atoms with Gasteiger partial charge in [0.2, 0.25) is 0 Å². The maximum atomic E-state index is 12.2. The van der Waals surface area contributed by atoms with Crippen molar-refractivity contribution in [1.82, 2.24) is 14.7 Å². The van der Waals surface area contributed by atoms with Crippen LogP contribution in [-0.4, -0.2) is 33.7 Å². The minimum atomic E-state index is -0.607. The largest absolute Gasteiger partial charge is 0.383 e. The molecule has 2 aromatic carbocycles. The highest BCUT2D eigenvalue weighted by molar-refractivity contribution is 7.99. The summed E-state index contributed by atoms with van der Waals surface area (Å²) in [5, 5.41) is 13.9. The summed E-state index contributed by atoms with van der Waals surface area (Å²) in [6.45, 7) is 1.25. The second kappa shape index (κ2) is 8.51. The number of carbonyl (C=O) groups excluding carboxylic acids is 1. The van der Waals surface area contributed by atoms with Crippen molar-refractivity contribution in [3.8, 4) is 17.5 Å². The highest BCUT2D eigenvalue weighted by Gasteiger charge is 2.28. The molecule has 2 heterocycles. The lowest BCUT2D eigenvalue weighted by Gasteiger charge is -2.29. The number of hydrogen-bond donors (Lipinski definition) is 2. The molecule has 1 saturated heterocycles. The number of nitriles is 1. The van der Waals surface area contributed by atoms with Crippen LogP contribution < -0.4 is 11.5 Å². The predicted octanol–water partition coefficient (Wildman–Crippen LogP) is 3.50. The van der Waals surface area contributed by atoms with E-state index in [2.05, 4.69) is 23.4 Å². The van der Waals surface area contributed by atoms with Crippen molar-refractivity contribution < 1.29 is 4.79 Å². The Hall–Kier alpha value is -3.44. The number of nitrogens with zero attached hydrogens (tertiary/aromatic N) is 4. The average molecular weight is 419 g/mol. The van der Waals surface area contributed by atoms with E-state index in [1.165, 1.54) is 0 Å². The third-order valence-electron chi connectivity index (χ3n) is 5.18. The van der Waals surface area contributed by atoms with E-state index in [4.69, 9.17) is 11.5 Å². The van der Waals surface area contributed by atoms with Crippen molar-refractivity contribution in [3.05, 3.63) is 60.2 Å². The highest BCUT2D eigenvalue weighted by Crippen LogP contribution is 2.34. The SMILES string of the molecule is N#CN1CCCC(n2nc(-c3ccc(Sc4ccccc4)cc3)c(C(N)=O)c2N)C1. The molecule has 1 fully saturated rings. The van der Waals surface area contributed by atoms with Crippen LogP contribution in [0.1, 0.15) is 29.2 Å². The molecular weight excluding hydrogens is 396 g/mol. The third-order valence-corrected chi connectivity index (χ3v) is 6.20. The van der Waals surface area contributed by atoms with Crippen molar-refractivity contribution in [2.24, 2.45) is 5.73 Å². The summed E-state index contributed by atoms with van der Waals surface area (Å²) in [7, 11) is 0. The van der Waals surface area contributed by atoms with Crippen LogP contribution in [0.4, 0.5) is 5.82 Å². The normalized spacial score (nSPS) is 16.2. The first kappa shape index (κ1) is 19.9. The lowest BCUT2D eigenvalue weighted by atomic mass is 10.1. The third kappa shape index (κ3) is 3.98. The maximum absolute atomic E-state index is 12.2. The fraction of sp³-hybridized carbons (Fsp3) is 0.227. The Balaban J connectivity index is 1.65. The van der Waals surface area contributed by atoms with Crippen LogP contribution >= 0.6 is 11.8 Å². The molecule has 152 valence electrons. The fourth-order valence-electron chi connectivity index (χ4n) is 3.72. The van der Waals surface area contributed by atoms with Crippen molar-refractivity contribution >= 4 is 23.5 Å². The van der Waals surface area contributed by atoms with Crippen molar-refractivity contribution in [1.29, 1.82) is 5.26 Å². The van der Waals surface area contributed by atoms with Crippen molar-refractivity contribution in [3.63, 3.8) is 0 Å². The monoisotopic (exact) mass is 418 g/mol. The zero-order chi connectivity index (χ0) is 21.1. The Morgan fingerprint density at radius 2 is 1.83 bits per heavy atom. The van der Waals surface area contributed by atoms with E-state index in [0.717, 1.165) is 34.7 Å². The molecule has 1 aromatic heterocycles. The van der Waals surface area contributed by atoms with E-state index in [1.54, 1.807) is 21.3 Å². The van der Waals surface area contributed by atoms with E-state index < -0.39 is 5.91 Å². The van der Waals surface area contributed by atoms with Gasteiger partial charge in [-0.25, -0.2) is 4.68 Å². The first-order chi connectivity index (χ1) is 14.6. The number of nitrogens with two attached hydrogens (primary N) is 2. The van der Waals surface area contributed by atoms with Crippen LogP contribution in [0.5, 0.6) is 0 Å². The molecule has 0 bridgehead atoms. The lowest BCUT2D eigenvalue weighted by Crippen LogP contribution is -2.34. The number of rotatable bonds is 5. The topological polar surface area (TPSA) is 114 Å².